The number of hydrogen-bond donors (Lipinski definition) is 1. The van der Waals surface area contributed by atoms with Crippen LogP contribution in [-0.2, 0) is 4.74 Å². The van der Waals surface area contributed by atoms with Gasteiger partial charge in [0.2, 0.25) is 0 Å². The zero-order valence-electron chi connectivity index (χ0n) is 16.7. The number of benzene rings is 1. The van der Waals surface area contributed by atoms with E-state index in [1.54, 1.807) is 0 Å². The fourth-order valence-electron chi connectivity index (χ4n) is 4.21. The van der Waals surface area contributed by atoms with Gasteiger partial charge < -0.3 is 15.0 Å². The van der Waals surface area contributed by atoms with E-state index in [4.69, 9.17) is 4.74 Å². The van der Waals surface area contributed by atoms with Crippen molar-refractivity contribution in [1.29, 1.82) is 0 Å². The molecule has 0 spiro atoms. The van der Waals surface area contributed by atoms with E-state index in [0.717, 1.165) is 75.0 Å². The number of amides is 2. The van der Waals surface area contributed by atoms with Crippen LogP contribution >= 0.6 is 0 Å². The van der Waals surface area contributed by atoms with Crippen LogP contribution in [0.1, 0.15) is 24.2 Å². The van der Waals surface area contributed by atoms with Crippen LogP contribution in [0.5, 0.6) is 0 Å². The first-order valence-corrected chi connectivity index (χ1v) is 10.1. The van der Waals surface area contributed by atoms with E-state index in [-0.39, 0.29) is 6.03 Å². The third-order valence-electron chi connectivity index (χ3n) is 5.70. The van der Waals surface area contributed by atoms with Crippen LogP contribution in [0.4, 0.5) is 10.5 Å². The molecule has 3 heterocycles. The molecule has 28 heavy (non-hydrogen) atoms. The smallest absolute Gasteiger partial charge is 0.321 e. The largest absolute Gasteiger partial charge is 0.379 e. The SMILES string of the molecule is Cc1cc(C)n(-c2ccccc2NC(=O)N2CCC(N3CCOCC3)CC2)n1. The Hall–Kier alpha value is -2.38. The van der Waals surface area contributed by atoms with Crippen molar-refractivity contribution in [3.05, 3.63) is 41.7 Å². The van der Waals surface area contributed by atoms with Gasteiger partial charge in [0, 0.05) is 37.9 Å². The Morgan fingerprint density at radius 2 is 1.82 bits per heavy atom. The van der Waals surface area contributed by atoms with Crippen molar-refractivity contribution in [3.8, 4) is 5.69 Å². The van der Waals surface area contributed by atoms with Crippen molar-refractivity contribution in [2.24, 2.45) is 0 Å². The summed E-state index contributed by atoms with van der Waals surface area (Å²) in [6.45, 7) is 9.23. The molecule has 2 aliphatic rings. The number of likely N-dealkylation sites (tertiary alicyclic amines) is 1. The first-order chi connectivity index (χ1) is 13.6. The molecule has 1 aromatic heterocycles. The number of hydrogen-bond acceptors (Lipinski definition) is 4. The number of aromatic nitrogens is 2. The molecule has 0 bridgehead atoms. The van der Waals surface area contributed by atoms with E-state index in [2.05, 4.69) is 15.3 Å². The zero-order chi connectivity index (χ0) is 19.5. The fraction of sp³-hybridized carbons (Fsp3) is 0.524. The molecule has 2 aromatic rings. The van der Waals surface area contributed by atoms with Gasteiger partial charge in [0.05, 0.1) is 30.3 Å². The summed E-state index contributed by atoms with van der Waals surface area (Å²) >= 11 is 0. The second-order valence-corrected chi connectivity index (χ2v) is 7.65. The highest BCUT2D eigenvalue weighted by atomic mass is 16.5. The van der Waals surface area contributed by atoms with Gasteiger partial charge in [0.15, 0.2) is 0 Å². The van der Waals surface area contributed by atoms with Crippen molar-refractivity contribution in [1.82, 2.24) is 19.6 Å². The van der Waals surface area contributed by atoms with E-state index in [1.807, 2.05) is 53.8 Å². The molecule has 1 N–H and O–H groups in total. The van der Waals surface area contributed by atoms with Gasteiger partial charge in [-0.15, -0.1) is 0 Å². The van der Waals surface area contributed by atoms with Crippen LogP contribution in [0.15, 0.2) is 30.3 Å². The minimum atomic E-state index is -0.0330. The van der Waals surface area contributed by atoms with Gasteiger partial charge >= 0.3 is 6.03 Å². The summed E-state index contributed by atoms with van der Waals surface area (Å²) in [4.78, 5) is 17.3. The average Bonchev–Trinajstić information content (AvgIpc) is 3.07. The summed E-state index contributed by atoms with van der Waals surface area (Å²) < 4.78 is 7.34. The number of para-hydroxylation sites is 2. The number of anilines is 1. The van der Waals surface area contributed by atoms with Crippen LogP contribution < -0.4 is 5.32 Å². The van der Waals surface area contributed by atoms with Crippen LogP contribution in [0, 0.1) is 13.8 Å². The van der Waals surface area contributed by atoms with Gasteiger partial charge in [-0.2, -0.15) is 5.10 Å². The van der Waals surface area contributed by atoms with Gasteiger partial charge in [-0.1, -0.05) is 12.1 Å². The Balaban J connectivity index is 1.40. The second kappa shape index (κ2) is 8.32. The highest BCUT2D eigenvalue weighted by Crippen LogP contribution is 2.23. The minimum Gasteiger partial charge on any atom is -0.379 e. The Kier molecular flexibility index (Phi) is 5.64. The molecular formula is C21H29N5O2. The van der Waals surface area contributed by atoms with Crippen LogP contribution in [0.3, 0.4) is 0 Å². The molecule has 2 fully saturated rings. The number of ether oxygens (including phenoxy) is 1. The molecule has 0 saturated carbocycles. The van der Waals surface area contributed by atoms with Gasteiger partial charge in [-0.3, -0.25) is 4.90 Å². The van der Waals surface area contributed by atoms with E-state index < -0.39 is 0 Å². The molecule has 2 saturated heterocycles. The number of carbonyl (C=O) groups is 1. The molecule has 0 atom stereocenters. The molecule has 0 unspecified atom stereocenters. The number of urea groups is 1. The first kappa shape index (κ1) is 19.0. The van der Waals surface area contributed by atoms with Crippen molar-refractivity contribution in [2.75, 3.05) is 44.7 Å². The minimum absolute atomic E-state index is 0.0330. The van der Waals surface area contributed by atoms with Gasteiger partial charge in [0.25, 0.3) is 0 Å². The monoisotopic (exact) mass is 383 g/mol. The lowest BCUT2D eigenvalue weighted by molar-refractivity contribution is 0.00419. The van der Waals surface area contributed by atoms with Crippen molar-refractivity contribution in [2.45, 2.75) is 32.7 Å². The van der Waals surface area contributed by atoms with E-state index in [1.165, 1.54) is 0 Å². The Morgan fingerprint density at radius 3 is 2.50 bits per heavy atom. The number of piperidine rings is 1. The van der Waals surface area contributed by atoms with Gasteiger partial charge in [-0.05, 0) is 44.9 Å². The van der Waals surface area contributed by atoms with E-state index in [0.29, 0.717) is 6.04 Å². The summed E-state index contributed by atoms with van der Waals surface area (Å²) in [6, 6.07) is 10.4. The third-order valence-corrected chi connectivity index (χ3v) is 5.70. The average molecular weight is 383 g/mol. The highest BCUT2D eigenvalue weighted by Gasteiger charge is 2.28. The predicted octanol–water partition coefficient (Wildman–Crippen LogP) is 2.82. The molecule has 150 valence electrons. The maximum absolute atomic E-state index is 12.9. The van der Waals surface area contributed by atoms with Crippen LogP contribution in [0.25, 0.3) is 5.69 Å². The summed E-state index contributed by atoms with van der Waals surface area (Å²) in [5.41, 5.74) is 3.69. The number of nitrogens with one attached hydrogen (secondary N) is 1. The van der Waals surface area contributed by atoms with Gasteiger partial charge in [0.1, 0.15) is 0 Å². The highest BCUT2D eigenvalue weighted by molar-refractivity contribution is 5.91. The lowest BCUT2D eigenvalue weighted by atomic mass is 10.0. The maximum Gasteiger partial charge on any atom is 0.321 e. The normalized spacial score (nSPS) is 19.0. The molecule has 0 radical (unpaired) electrons. The zero-order valence-corrected chi connectivity index (χ0v) is 16.7. The Labute approximate surface area is 166 Å². The quantitative estimate of drug-likeness (QED) is 0.885. The third kappa shape index (κ3) is 4.05. The maximum atomic E-state index is 12.9. The summed E-state index contributed by atoms with van der Waals surface area (Å²) in [5.74, 6) is 0. The lowest BCUT2D eigenvalue weighted by Gasteiger charge is -2.40. The number of nitrogens with zero attached hydrogens (tertiary/aromatic N) is 4. The van der Waals surface area contributed by atoms with Gasteiger partial charge in [-0.25, -0.2) is 9.48 Å². The standard InChI is InChI=1S/C21H29N5O2/c1-16-15-17(2)26(23-16)20-6-4-3-5-19(20)22-21(27)25-9-7-18(8-10-25)24-11-13-28-14-12-24/h3-6,15,18H,7-14H2,1-2H3,(H,22,27). The predicted molar refractivity (Wildman–Crippen MR) is 109 cm³/mol. The van der Waals surface area contributed by atoms with Crippen molar-refractivity contribution in [3.63, 3.8) is 0 Å². The van der Waals surface area contributed by atoms with Crippen LogP contribution in [-0.4, -0.2) is 71.0 Å². The Morgan fingerprint density at radius 1 is 1.11 bits per heavy atom. The van der Waals surface area contributed by atoms with E-state index in [9.17, 15) is 4.79 Å². The number of morpholine rings is 1. The number of carbonyl (C=O) groups excluding carboxylic acids is 1. The molecule has 0 aliphatic carbocycles. The number of rotatable bonds is 3. The summed E-state index contributed by atoms with van der Waals surface area (Å²) in [5, 5.41) is 7.66. The van der Waals surface area contributed by atoms with E-state index >= 15 is 0 Å². The fourth-order valence-corrected chi connectivity index (χ4v) is 4.21. The number of aryl methyl sites for hydroxylation is 2. The van der Waals surface area contributed by atoms with Crippen molar-refractivity contribution >= 4 is 11.7 Å². The Bertz CT molecular complexity index is 820. The molecule has 7 heteroatoms. The summed E-state index contributed by atoms with van der Waals surface area (Å²) in [6.07, 6.45) is 2.04. The molecule has 2 aliphatic heterocycles. The van der Waals surface area contributed by atoms with Crippen LogP contribution in [0.2, 0.25) is 0 Å². The van der Waals surface area contributed by atoms with Crippen molar-refractivity contribution < 1.29 is 9.53 Å². The molecule has 2 amide bonds. The first-order valence-electron chi connectivity index (χ1n) is 10.1. The topological polar surface area (TPSA) is 62.6 Å². The molecule has 1 aromatic carbocycles. The molecular weight excluding hydrogens is 354 g/mol. The lowest BCUT2D eigenvalue weighted by Crippen LogP contribution is -2.50. The summed E-state index contributed by atoms with van der Waals surface area (Å²) in [7, 11) is 0. The molecule has 7 nitrogen and oxygen atoms in total. The second-order valence-electron chi connectivity index (χ2n) is 7.65. The molecule has 4 rings (SSSR count).